The van der Waals surface area contributed by atoms with E-state index in [9.17, 15) is 0 Å². The van der Waals surface area contributed by atoms with Crippen LogP contribution in [0.3, 0.4) is 0 Å². The molecule has 0 saturated heterocycles. The van der Waals surface area contributed by atoms with Gasteiger partial charge in [-0.2, -0.15) is 0 Å². The molecule has 0 aliphatic heterocycles. The van der Waals surface area contributed by atoms with Crippen LogP contribution in [-0.4, -0.2) is 12.8 Å². The molecule has 1 aliphatic carbocycles. The van der Waals surface area contributed by atoms with Gasteiger partial charge in [-0.3, -0.25) is 4.99 Å². The topological polar surface area (TPSA) is 38.4 Å². The van der Waals surface area contributed by atoms with Gasteiger partial charge in [0.05, 0.1) is 0 Å². The number of allylic oxidation sites excluding steroid dienone is 1. The number of nitrogens with two attached hydrogens (primary N) is 1. The van der Waals surface area contributed by atoms with Gasteiger partial charge in [-0.05, 0) is 37.5 Å². The Kier molecular flexibility index (Phi) is 2.49. The number of nitrogens with zero attached hydrogens (tertiary/aromatic N) is 1. The van der Waals surface area contributed by atoms with Gasteiger partial charge in [-0.15, -0.1) is 0 Å². The molecule has 2 nitrogen and oxygen atoms in total. The van der Waals surface area contributed by atoms with Gasteiger partial charge in [0.25, 0.3) is 0 Å². The molecule has 1 saturated carbocycles. The molecule has 1 rings (SSSR count). The van der Waals surface area contributed by atoms with E-state index in [0.717, 1.165) is 18.0 Å². The smallest absolute Gasteiger partial charge is 0.0417 e. The minimum atomic E-state index is 0.877. The lowest BCUT2D eigenvalue weighted by molar-refractivity contribution is 0.851. The third-order valence-corrected chi connectivity index (χ3v) is 1.62. The SMILES string of the molecule is CC(C=NCC1CC1)=CN. The van der Waals surface area contributed by atoms with Crippen molar-refractivity contribution in [1.82, 2.24) is 0 Å². The Morgan fingerprint density at radius 2 is 2.40 bits per heavy atom. The maximum absolute atomic E-state index is 5.25. The van der Waals surface area contributed by atoms with Crippen LogP contribution in [0, 0.1) is 5.92 Å². The summed E-state index contributed by atoms with van der Waals surface area (Å²) in [6.45, 7) is 2.95. The summed E-state index contributed by atoms with van der Waals surface area (Å²) < 4.78 is 0. The first-order valence-electron chi connectivity index (χ1n) is 3.71. The molecule has 1 aliphatic rings. The highest BCUT2D eigenvalue weighted by atomic mass is 14.7. The summed E-state index contributed by atoms with van der Waals surface area (Å²) in [4.78, 5) is 4.23. The van der Waals surface area contributed by atoms with Crippen LogP contribution in [0.15, 0.2) is 16.8 Å². The van der Waals surface area contributed by atoms with Gasteiger partial charge >= 0.3 is 0 Å². The monoisotopic (exact) mass is 138 g/mol. The summed E-state index contributed by atoms with van der Waals surface area (Å²) in [6.07, 6.45) is 6.15. The molecule has 0 bridgehead atoms. The highest BCUT2D eigenvalue weighted by Gasteiger charge is 2.19. The molecule has 10 heavy (non-hydrogen) atoms. The van der Waals surface area contributed by atoms with Crippen LogP contribution in [0.25, 0.3) is 0 Å². The van der Waals surface area contributed by atoms with Gasteiger partial charge in [0.15, 0.2) is 0 Å². The molecular formula is C8H14N2. The second kappa shape index (κ2) is 3.40. The molecule has 0 aromatic carbocycles. The summed E-state index contributed by atoms with van der Waals surface area (Å²) in [6, 6.07) is 0. The quantitative estimate of drug-likeness (QED) is 0.587. The molecule has 0 atom stereocenters. The van der Waals surface area contributed by atoms with Gasteiger partial charge in [0.1, 0.15) is 0 Å². The van der Waals surface area contributed by atoms with Crippen molar-refractivity contribution < 1.29 is 0 Å². The Morgan fingerprint density at radius 1 is 1.70 bits per heavy atom. The lowest BCUT2D eigenvalue weighted by Crippen LogP contribution is -1.88. The second-order valence-corrected chi connectivity index (χ2v) is 2.85. The van der Waals surface area contributed by atoms with E-state index >= 15 is 0 Å². The van der Waals surface area contributed by atoms with Crippen LogP contribution in [-0.2, 0) is 0 Å². The largest absolute Gasteiger partial charge is 0.404 e. The van der Waals surface area contributed by atoms with Gasteiger partial charge in [-0.1, -0.05) is 0 Å². The molecule has 0 radical (unpaired) electrons. The fraction of sp³-hybridized carbons (Fsp3) is 0.625. The third kappa shape index (κ3) is 2.67. The third-order valence-electron chi connectivity index (χ3n) is 1.62. The summed E-state index contributed by atoms with van der Waals surface area (Å²) in [5.41, 5.74) is 6.29. The second-order valence-electron chi connectivity index (χ2n) is 2.85. The lowest BCUT2D eigenvalue weighted by atomic mass is 10.3. The summed E-state index contributed by atoms with van der Waals surface area (Å²) in [5.74, 6) is 0.877. The predicted molar refractivity (Wildman–Crippen MR) is 44.0 cm³/mol. The van der Waals surface area contributed by atoms with E-state index in [1.165, 1.54) is 12.8 Å². The zero-order valence-electron chi connectivity index (χ0n) is 6.38. The van der Waals surface area contributed by atoms with Crippen molar-refractivity contribution in [3.63, 3.8) is 0 Å². The van der Waals surface area contributed by atoms with Crippen LogP contribution < -0.4 is 5.73 Å². The zero-order valence-corrected chi connectivity index (χ0v) is 6.38. The molecule has 0 amide bonds. The van der Waals surface area contributed by atoms with Gasteiger partial charge < -0.3 is 5.73 Å². The highest BCUT2D eigenvalue weighted by Crippen LogP contribution is 2.28. The van der Waals surface area contributed by atoms with Crippen molar-refractivity contribution >= 4 is 6.21 Å². The van der Waals surface area contributed by atoms with Crippen LogP contribution in [0.1, 0.15) is 19.8 Å². The molecule has 1 fully saturated rings. The van der Waals surface area contributed by atoms with Crippen molar-refractivity contribution in [2.45, 2.75) is 19.8 Å². The molecule has 0 spiro atoms. The first-order valence-corrected chi connectivity index (χ1v) is 3.71. The average molecular weight is 138 g/mol. The standard InChI is InChI=1S/C8H14N2/c1-7(4-9)5-10-6-8-2-3-8/h4-5,8H,2-3,6,9H2,1H3. The minimum absolute atomic E-state index is 0.877. The van der Waals surface area contributed by atoms with E-state index in [4.69, 9.17) is 5.73 Å². The molecule has 56 valence electrons. The van der Waals surface area contributed by atoms with E-state index in [-0.39, 0.29) is 0 Å². The Bertz CT molecular complexity index is 155. The van der Waals surface area contributed by atoms with Crippen LogP contribution in [0.2, 0.25) is 0 Å². The summed E-state index contributed by atoms with van der Waals surface area (Å²) in [7, 11) is 0. The Morgan fingerprint density at radius 3 is 2.90 bits per heavy atom. The average Bonchev–Trinajstić information content (AvgIpc) is 2.71. The minimum Gasteiger partial charge on any atom is -0.404 e. The number of hydrogen-bond donors (Lipinski definition) is 1. The number of rotatable bonds is 3. The normalized spacial score (nSPS) is 20.3. The van der Waals surface area contributed by atoms with E-state index in [2.05, 4.69) is 4.99 Å². The predicted octanol–water partition coefficient (Wildman–Crippen LogP) is 1.33. The van der Waals surface area contributed by atoms with Crippen LogP contribution in [0.5, 0.6) is 0 Å². The lowest BCUT2D eigenvalue weighted by Gasteiger charge is -1.88. The summed E-state index contributed by atoms with van der Waals surface area (Å²) in [5, 5.41) is 0. The van der Waals surface area contributed by atoms with Gasteiger partial charge in [-0.25, -0.2) is 0 Å². The van der Waals surface area contributed by atoms with Crippen molar-refractivity contribution in [1.29, 1.82) is 0 Å². The molecule has 0 heterocycles. The Labute approximate surface area is 61.8 Å². The van der Waals surface area contributed by atoms with E-state index in [0.29, 0.717) is 0 Å². The number of hydrogen-bond acceptors (Lipinski definition) is 2. The fourth-order valence-electron chi connectivity index (χ4n) is 0.689. The van der Waals surface area contributed by atoms with Gasteiger partial charge in [0, 0.05) is 12.8 Å². The van der Waals surface area contributed by atoms with Crippen molar-refractivity contribution in [2.24, 2.45) is 16.6 Å². The fourth-order valence-corrected chi connectivity index (χ4v) is 0.689. The van der Waals surface area contributed by atoms with E-state index in [1.54, 1.807) is 6.20 Å². The van der Waals surface area contributed by atoms with Crippen molar-refractivity contribution in [2.75, 3.05) is 6.54 Å². The highest BCUT2D eigenvalue weighted by molar-refractivity contribution is 5.77. The van der Waals surface area contributed by atoms with E-state index in [1.807, 2.05) is 13.1 Å². The van der Waals surface area contributed by atoms with Crippen LogP contribution in [0.4, 0.5) is 0 Å². The zero-order chi connectivity index (χ0) is 7.40. The maximum atomic E-state index is 5.25. The van der Waals surface area contributed by atoms with Gasteiger partial charge in [0.2, 0.25) is 0 Å². The van der Waals surface area contributed by atoms with Crippen LogP contribution >= 0.6 is 0 Å². The summed E-state index contributed by atoms with van der Waals surface area (Å²) >= 11 is 0. The number of aliphatic imine (C=N–C) groups is 1. The van der Waals surface area contributed by atoms with Crippen molar-refractivity contribution in [3.05, 3.63) is 11.8 Å². The molecule has 2 N–H and O–H groups in total. The Balaban J connectivity index is 2.14. The van der Waals surface area contributed by atoms with E-state index < -0.39 is 0 Å². The Hall–Kier alpha value is -0.790. The van der Waals surface area contributed by atoms with Crippen molar-refractivity contribution in [3.8, 4) is 0 Å². The molecule has 2 heteroatoms. The maximum Gasteiger partial charge on any atom is 0.0417 e. The first-order chi connectivity index (χ1) is 4.83. The molecule has 0 aromatic heterocycles. The first kappa shape index (κ1) is 7.32. The molecule has 0 aromatic rings. The molecular weight excluding hydrogens is 124 g/mol. The molecule has 0 unspecified atom stereocenters.